The van der Waals surface area contributed by atoms with E-state index in [1.807, 2.05) is 32.0 Å². The van der Waals surface area contributed by atoms with E-state index in [0.29, 0.717) is 35.7 Å². The molecule has 2 aromatic rings. The quantitative estimate of drug-likeness (QED) is 0.0124. The van der Waals surface area contributed by atoms with E-state index in [0.717, 1.165) is 138 Å². The SMILES string of the molecule is C=CCOOC(=O)C(C)C1C(=O)N2C(C(=O)OCC=C)=C(COc3ccc(CCCC)cc3I)[C@H](C)C12.C=CCOOC(=O)C(C)C1C(=O)N2C(C(=O)OCC=C)=C(COc3ccc(CCC[N+]45CC[N+](CC(=O)ON)(CC4)CC5)cc3I)[C@H](C)C12.NC(=O)C[N+]12CCN(CC1)CC2. The van der Waals surface area contributed by atoms with Crippen molar-refractivity contribution < 1.29 is 95.1 Å². The Morgan fingerprint density at radius 1 is 0.602 bits per heavy atom. The third-order valence-electron chi connectivity index (χ3n) is 20.7. The van der Waals surface area contributed by atoms with Crippen molar-refractivity contribution in [1.29, 1.82) is 0 Å². The van der Waals surface area contributed by atoms with Crippen molar-refractivity contribution in [2.24, 2.45) is 47.1 Å². The second-order valence-electron chi connectivity index (χ2n) is 26.8. The number of hydrogen-bond acceptors (Lipinski definition) is 19. The van der Waals surface area contributed by atoms with Gasteiger partial charge in [-0.25, -0.2) is 24.0 Å². The van der Waals surface area contributed by atoms with Crippen molar-refractivity contribution in [2.75, 3.05) is 138 Å². The number of quaternary nitrogens is 3. The zero-order valence-electron chi connectivity index (χ0n) is 57.1. The lowest BCUT2D eigenvalue weighted by Gasteiger charge is -2.55. The van der Waals surface area contributed by atoms with E-state index in [2.05, 4.69) is 106 Å². The third-order valence-corrected chi connectivity index (χ3v) is 22.4. The summed E-state index contributed by atoms with van der Waals surface area (Å²) in [5.74, 6) is -0.658. The zero-order valence-corrected chi connectivity index (χ0v) is 61.5. The Morgan fingerprint density at radius 2 is 1.01 bits per heavy atom. The Morgan fingerprint density at radius 3 is 1.40 bits per heavy atom. The molecule has 0 radical (unpaired) electrons. The number of carbonyl (C=O) groups is 8. The van der Waals surface area contributed by atoms with Crippen molar-refractivity contribution in [3.8, 4) is 11.5 Å². The number of ether oxygens (including phenoxy) is 4. The molecule has 98 heavy (non-hydrogen) atoms. The van der Waals surface area contributed by atoms with Gasteiger partial charge < -0.3 is 52.8 Å². The fourth-order valence-electron chi connectivity index (χ4n) is 14.9. The van der Waals surface area contributed by atoms with Crippen molar-refractivity contribution in [1.82, 2.24) is 14.7 Å². The highest BCUT2D eigenvalue weighted by atomic mass is 127. The number of unbranched alkanes of at least 4 members (excludes halogenated alkanes) is 1. The van der Waals surface area contributed by atoms with Gasteiger partial charge in [0.2, 0.25) is 11.8 Å². The van der Waals surface area contributed by atoms with Crippen LogP contribution in [-0.4, -0.2) is 226 Å². The normalized spacial score (nSPS) is 26.6. The molecule has 10 heterocycles. The van der Waals surface area contributed by atoms with Crippen LogP contribution in [0.3, 0.4) is 0 Å². The average Bonchev–Trinajstić information content (AvgIpc) is 1.55. The van der Waals surface area contributed by atoms with Crippen LogP contribution in [0.2, 0.25) is 0 Å². The van der Waals surface area contributed by atoms with Crippen LogP contribution in [0.5, 0.6) is 11.5 Å². The van der Waals surface area contributed by atoms with Crippen LogP contribution in [0.15, 0.2) is 110 Å². The van der Waals surface area contributed by atoms with Gasteiger partial charge in [0.1, 0.15) is 102 Å². The van der Waals surface area contributed by atoms with E-state index in [9.17, 15) is 38.4 Å². The van der Waals surface area contributed by atoms with Gasteiger partial charge in [0.25, 0.3) is 5.91 Å². The monoisotopic (exact) mass is 1590 g/mol. The van der Waals surface area contributed by atoms with Gasteiger partial charge in [-0.15, -0.1) is 13.2 Å². The average molecular weight is 1590 g/mol. The number of β-lactam (4-membered cyclic amide) rings is 2. The van der Waals surface area contributed by atoms with Crippen LogP contribution in [0, 0.1) is 42.6 Å². The van der Waals surface area contributed by atoms with Gasteiger partial charge in [-0.3, -0.25) is 29.1 Å². The number of rotatable bonds is 33. The number of fused-ring (bicyclic) bond motifs is 8. The molecule has 0 aliphatic carbocycles. The molecule has 8 saturated heterocycles. The van der Waals surface area contributed by atoms with Crippen LogP contribution >= 0.6 is 45.2 Å². The number of esters is 2. The summed E-state index contributed by atoms with van der Waals surface area (Å²) in [6.07, 6.45) is 11.1. The lowest BCUT2D eigenvalue weighted by Crippen LogP contribution is -2.75. The summed E-state index contributed by atoms with van der Waals surface area (Å²) in [4.78, 5) is 130. The first-order valence-electron chi connectivity index (χ1n) is 33.8. The zero-order chi connectivity index (χ0) is 71.1. The summed E-state index contributed by atoms with van der Waals surface area (Å²) in [5.41, 5.74) is 9.33. The predicted octanol–water partition coefficient (Wildman–Crippen LogP) is 5.82. The summed E-state index contributed by atoms with van der Waals surface area (Å²) in [7, 11) is 0. The van der Waals surface area contributed by atoms with Crippen molar-refractivity contribution in [3.63, 3.8) is 0 Å². The third kappa shape index (κ3) is 17.9. The summed E-state index contributed by atoms with van der Waals surface area (Å²) in [6.45, 7) is 38.7. The Kier molecular flexibility index (Phi) is 27.7. The molecule has 534 valence electrons. The fourth-order valence-corrected chi connectivity index (χ4v) is 16.4. The maximum Gasteiger partial charge on any atom is 0.380 e. The van der Waals surface area contributed by atoms with Crippen LogP contribution in [0.4, 0.5) is 0 Å². The Bertz CT molecular complexity index is 3350. The molecule has 0 saturated carbocycles. The molecule has 27 heteroatoms. The Hall–Kier alpha value is -6.58. The summed E-state index contributed by atoms with van der Waals surface area (Å²) in [5, 5.41) is 0. The van der Waals surface area contributed by atoms with Crippen molar-refractivity contribution in [3.05, 3.63) is 128 Å². The molecule has 4 bridgehead atoms. The van der Waals surface area contributed by atoms with Gasteiger partial charge >= 0.3 is 29.8 Å². The highest BCUT2D eigenvalue weighted by Gasteiger charge is 2.63. The molecule has 10 aliphatic rings. The molecule has 8 fully saturated rings. The molecule has 25 nitrogen and oxygen atoms in total. The number of nitrogens with two attached hydrogens (primary N) is 2. The van der Waals surface area contributed by atoms with Gasteiger partial charge in [-0.1, -0.05) is 90.6 Å². The lowest BCUT2D eigenvalue weighted by molar-refractivity contribution is -1.08. The molecule has 2 aromatic carbocycles. The molecule has 0 aromatic heterocycles. The predicted molar refractivity (Wildman–Crippen MR) is 377 cm³/mol. The smallest absolute Gasteiger partial charge is 0.380 e. The largest absolute Gasteiger partial charge is 0.488 e. The Balaban J connectivity index is 0.000000218. The standard InChI is InChI=1S/C35H47IN4O9.C28H34INO7.C8H15N3O/c1-5-18-45-35(44)32-26(23(3)31-30(33(42)38(31)32)24(4)34(43)49-47-19-6-2)22-46-28-10-9-25(20-27(28)36)8-7-11-39-12-15-40(16-13-39,17-14-39)21-29(41)48-37;1-6-9-10-19-11-12-22(21(29)15-19)35-16-20-17(4)24-23(18(5)27(32)37-36-14-8-3)26(31)30(24)25(20)28(33)34-13-7-2;9-8(12)7-11-4-1-10(2-5-11)3-6-11/h5-6,9-10,20,23-24,30-31H,1-2,7-8,11-19,21-22,37H2,3-4H3;7-8,11-12,15,17-18,23-24H,2-3,6,9-10,13-14,16H2,1,4-5H3;1-7H2,(H-,9,12)/q+2;;/p+1/t23-,24?,30?,31?,39?,40?;17-,18?,23?,24?;/m00./s1. The first-order valence-corrected chi connectivity index (χ1v) is 36.0. The molecule has 0 spiro atoms. The van der Waals surface area contributed by atoms with E-state index < -0.39 is 59.6 Å². The van der Waals surface area contributed by atoms with E-state index in [4.69, 9.17) is 50.1 Å². The molecule has 8 atom stereocenters. The van der Waals surface area contributed by atoms with Crippen LogP contribution in [-0.2, 0) is 85.1 Å². The number of halogens is 2. The van der Waals surface area contributed by atoms with E-state index in [1.54, 1.807) is 13.8 Å². The van der Waals surface area contributed by atoms with Gasteiger partial charge in [-0.05, 0) is 99.8 Å². The minimum atomic E-state index is -0.787. The number of carbonyl (C=O) groups excluding carboxylic acids is 8. The molecular weight excluding hydrogens is 1490 g/mol. The van der Waals surface area contributed by atoms with E-state index in [-0.39, 0.29) is 86.6 Å². The first-order chi connectivity index (χ1) is 46.9. The summed E-state index contributed by atoms with van der Waals surface area (Å²) >= 11 is 4.51. The van der Waals surface area contributed by atoms with Crippen molar-refractivity contribution >= 4 is 92.7 Å². The molecule has 3 amide bonds. The van der Waals surface area contributed by atoms with Gasteiger partial charge in [0.05, 0.1) is 69.1 Å². The number of piperazine rings is 6. The molecule has 12 rings (SSSR count). The number of primary amides is 1. The minimum absolute atomic E-state index is 0.00502. The van der Waals surface area contributed by atoms with Gasteiger partial charge in [0, 0.05) is 49.0 Å². The fraction of sp³-hybridized carbons (Fsp3) is 0.549. The number of aryl methyl sites for hydroxylation is 2. The van der Waals surface area contributed by atoms with E-state index in [1.165, 1.54) is 45.2 Å². The second kappa shape index (κ2) is 35.1. The first kappa shape index (κ1) is 77.2. The van der Waals surface area contributed by atoms with Crippen LogP contribution in [0.25, 0.3) is 0 Å². The molecular formula is C71H97I2N8O17+3. The molecule has 6 unspecified atom stereocenters. The molecule has 4 N–H and O–H groups in total. The topological polar surface area (TPSA) is 281 Å². The lowest BCUT2D eigenvalue weighted by atomic mass is 9.74. The molecule has 10 aliphatic heterocycles. The number of nitrogens with zero attached hydrogens (tertiary/aromatic N) is 6. The number of hydrogen-bond donors (Lipinski definition) is 2. The highest BCUT2D eigenvalue weighted by Crippen LogP contribution is 2.51. The summed E-state index contributed by atoms with van der Waals surface area (Å²) in [6, 6.07) is 11.4. The summed E-state index contributed by atoms with van der Waals surface area (Å²) < 4.78 is 27.9. The number of amides is 3. The maximum atomic E-state index is 13.4. The second-order valence-corrected chi connectivity index (χ2v) is 29.1. The Labute approximate surface area is 601 Å². The number of benzene rings is 2. The van der Waals surface area contributed by atoms with Crippen LogP contribution < -0.4 is 21.1 Å². The van der Waals surface area contributed by atoms with Crippen LogP contribution in [0.1, 0.15) is 65.0 Å². The van der Waals surface area contributed by atoms with Gasteiger partial charge in [-0.2, -0.15) is 15.7 Å². The highest BCUT2D eigenvalue weighted by molar-refractivity contribution is 14.1. The minimum Gasteiger partial charge on any atom is -0.488 e. The maximum absolute atomic E-state index is 13.4. The van der Waals surface area contributed by atoms with Crippen molar-refractivity contribution in [2.45, 2.75) is 78.8 Å². The van der Waals surface area contributed by atoms with Gasteiger partial charge in [0.15, 0.2) is 13.1 Å². The van der Waals surface area contributed by atoms with E-state index >= 15 is 0 Å².